The van der Waals surface area contributed by atoms with Crippen LogP contribution in [0.1, 0.15) is 38.5 Å². The van der Waals surface area contributed by atoms with E-state index in [0.29, 0.717) is 6.54 Å². The van der Waals surface area contributed by atoms with Crippen LogP contribution in [0.4, 0.5) is 0 Å². The molecular weight excluding hydrogens is 332 g/mol. The number of rotatable bonds is 14. The van der Waals surface area contributed by atoms with Crippen molar-refractivity contribution in [1.29, 1.82) is 0 Å². The number of amides is 1. The zero-order chi connectivity index (χ0) is 19.2. The van der Waals surface area contributed by atoms with Crippen LogP contribution in [0.25, 0.3) is 0 Å². The van der Waals surface area contributed by atoms with E-state index in [-0.39, 0.29) is 0 Å². The van der Waals surface area contributed by atoms with E-state index < -0.39 is 36.3 Å². The average Bonchev–Trinajstić information content (AvgIpc) is 2.63. The zero-order valence-corrected chi connectivity index (χ0v) is 15.0. The summed E-state index contributed by atoms with van der Waals surface area (Å²) in [6.45, 7) is 1.33. The number of aliphatic hydroxyl groups excluding tert-OH is 4. The summed E-state index contributed by atoms with van der Waals surface area (Å²) in [5.74, 6) is -2.05. The monoisotopic (exact) mass is 364 g/mol. The number of carbonyl (C=O) groups excluding carboxylic acids is 2. The summed E-state index contributed by atoms with van der Waals surface area (Å²) in [6.07, 6.45) is -1.94. The minimum Gasteiger partial charge on any atom is -0.467 e. The van der Waals surface area contributed by atoms with Gasteiger partial charge in [-0.1, -0.05) is 25.7 Å². The Kier molecular flexibility index (Phi) is 13.3. The zero-order valence-electron chi connectivity index (χ0n) is 15.0. The fourth-order valence-corrected chi connectivity index (χ4v) is 2.24. The molecule has 9 heteroatoms. The second-order valence-electron chi connectivity index (χ2n) is 5.91. The Labute approximate surface area is 148 Å². The van der Waals surface area contributed by atoms with Crippen molar-refractivity contribution >= 4 is 11.9 Å². The second kappa shape index (κ2) is 14.0. The molecule has 0 heterocycles. The fraction of sp³-hybridized carbons (Fsp3) is 0.875. The Balaban J connectivity index is 3.96. The van der Waals surface area contributed by atoms with Gasteiger partial charge in [0, 0.05) is 6.54 Å². The molecule has 0 aliphatic carbocycles. The van der Waals surface area contributed by atoms with Crippen LogP contribution in [0.3, 0.4) is 0 Å². The summed E-state index contributed by atoms with van der Waals surface area (Å²) in [4.78, 5) is 22.8. The first-order valence-corrected chi connectivity index (χ1v) is 8.59. The molecule has 0 saturated carbocycles. The molecule has 9 nitrogen and oxygen atoms in total. The van der Waals surface area contributed by atoms with Crippen LogP contribution in [0, 0.1) is 0 Å². The van der Waals surface area contributed by atoms with Gasteiger partial charge in [-0.15, -0.1) is 0 Å². The Hall–Kier alpha value is -1.26. The summed E-state index contributed by atoms with van der Waals surface area (Å²) in [5.41, 5.74) is 0. The van der Waals surface area contributed by atoms with Crippen molar-refractivity contribution in [2.45, 2.75) is 62.9 Å². The summed E-state index contributed by atoms with van der Waals surface area (Å²) >= 11 is 0. The smallest absolute Gasteiger partial charge is 0.337 e. The van der Waals surface area contributed by atoms with E-state index in [1.54, 1.807) is 0 Å². The van der Waals surface area contributed by atoms with Crippen molar-refractivity contribution in [3.8, 4) is 0 Å². The molecular formula is C16H32N2O7. The number of esters is 1. The number of methoxy groups -OCH3 is 1. The van der Waals surface area contributed by atoms with Gasteiger partial charge in [0.2, 0.25) is 0 Å². The minimum absolute atomic E-state index is 0.328. The number of ether oxygens (including phenoxy) is 1. The van der Waals surface area contributed by atoms with Crippen molar-refractivity contribution in [2.24, 2.45) is 0 Å². The molecule has 0 unspecified atom stereocenters. The van der Waals surface area contributed by atoms with Gasteiger partial charge in [0.25, 0.3) is 5.91 Å². The minimum atomic E-state index is -2.05. The predicted molar refractivity (Wildman–Crippen MR) is 90.7 cm³/mol. The maximum Gasteiger partial charge on any atom is 0.337 e. The van der Waals surface area contributed by atoms with Gasteiger partial charge in [-0.2, -0.15) is 0 Å². The van der Waals surface area contributed by atoms with Gasteiger partial charge in [-0.25, -0.2) is 4.79 Å². The number of hydrogen-bond acceptors (Lipinski definition) is 8. The molecule has 25 heavy (non-hydrogen) atoms. The van der Waals surface area contributed by atoms with E-state index in [1.165, 1.54) is 0 Å². The number of unbranched alkanes of at least 4 members (excludes halogenated alkanes) is 5. The summed E-state index contributed by atoms with van der Waals surface area (Å²) in [7, 11) is 2.91. The molecule has 0 radical (unpaired) electrons. The molecule has 148 valence electrons. The molecule has 0 rings (SSSR count). The summed E-state index contributed by atoms with van der Waals surface area (Å²) in [6, 6.07) is 0. The molecule has 0 aliphatic heterocycles. The highest BCUT2D eigenvalue weighted by Gasteiger charge is 2.37. The van der Waals surface area contributed by atoms with Gasteiger partial charge in [-0.3, -0.25) is 4.79 Å². The van der Waals surface area contributed by atoms with Crippen molar-refractivity contribution < 1.29 is 34.8 Å². The lowest BCUT2D eigenvalue weighted by molar-refractivity contribution is -0.169. The number of hydrogen-bond donors (Lipinski definition) is 6. The van der Waals surface area contributed by atoms with Crippen molar-refractivity contribution in [3.63, 3.8) is 0 Å². The van der Waals surface area contributed by atoms with E-state index in [2.05, 4.69) is 15.4 Å². The normalized spacial score (nSPS) is 15.9. The fourth-order valence-electron chi connectivity index (χ4n) is 2.24. The van der Waals surface area contributed by atoms with Crippen molar-refractivity contribution in [3.05, 3.63) is 0 Å². The highest BCUT2D eigenvalue weighted by molar-refractivity contribution is 5.81. The first-order valence-electron chi connectivity index (χ1n) is 8.59. The standard InChI is InChI=1S/C16H32N2O7/c1-17-9-7-5-3-4-6-8-10-18-15(23)13(21)11(19)12(20)14(22)16(24)25-2/h11-14,17,19-22H,3-10H2,1-2H3,(H,18,23)/t11-,12+,13+,14-/m1/s1. The van der Waals surface area contributed by atoms with Crippen LogP contribution < -0.4 is 10.6 Å². The summed E-state index contributed by atoms with van der Waals surface area (Å²) < 4.78 is 4.21. The van der Waals surface area contributed by atoms with Crippen LogP contribution in [0.2, 0.25) is 0 Å². The van der Waals surface area contributed by atoms with E-state index in [4.69, 9.17) is 0 Å². The first kappa shape index (κ1) is 23.7. The Morgan fingerprint density at radius 2 is 1.32 bits per heavy atom. The topological polar surface area (TPSA) is 148 Å². The van der Waals surface area contributed by atoms with Gasteiger partial charge in [0.15, 0.2) is 12.2 Å². The third kappa shape index (κ3) is 9.71. The lowest BCUT2D eigenvalue weighted by Crippen LogP contribution is -2.52. The molecule has 0 saturated heterocycles. The van der Waals surface area contributed by atoms with Crippen LogP contribution in [-0.4, -0.2) is 84.0 Å². The third-order valence-electron chi connectivity index (χ3n) is 3.86. The summed E-state index contributed by atoms with van der Waals surface area (Å²) in [5, 5.41) is 43.9. The predicted octanol–water partition coefficient (Wildman–Crippen LogP) is -1.72. The second-order valence-corrected chi connectivity index (χ2v) is 5.91. The maximum absolute atomic E-state index is 11.7. The molecule has 0 spiro atoms. The molecule has 0 aliphatic rings. The molecule has 0 aromatic heterocycles. The molecule has 0 aromatic carbocycles. The average molecular weight is 364 g/mol. The largest absolute Gasteiger partial charge is 0.467 e. The molecule has 6 N–H and O–H groups in total. The number of carbonyl (C=O) groups is 2. The Morgan fingerprint density at radius 3 is 1.84 bits per heavy atom. The third-order valence-corrected chi connectivity index (χ3v) is 3.86. The van der Waals surface area contributed by atoms with Crippen molar-refractivity contribution in [2.75, 3.05) is 27.2 Å². The van der Waals surface area contributed by atoms with E-state index >= 15 is 0 Å². The molecule has 0 aromatic rings. The lowest BCUT2D eigenvalue weighted by atomic mass is 10.0. The van der Waals surface area contributed by atoms with Gasteiger partial charge < -0.3 is 35.8 Å². The highest BCUT2D eigenvalue weighted by atomic mass is 16.5. The van der Waals surface area contributed by atoms with Crippen LogP contribution in [0.5, 0.6) is 0 Å². The number of aliphatic hydroxyl groups is 4. The van der Waals surface area contributed by atoms with E-state index in [9.17, 15) is 30.0 Å². The maximum atomic E-state index is 11.7. The molecule has 4 atom stereocenters. The quantitative estimate of drug-likeness (QED) is 0.157. The molecule has 1 amide bonds. The SMILES string of the molecule is CNCCCCCCCCNC(=O)[C@@H](O)[C@H](O)[C@H](O)[C@@H](O)C(=O)OC. The molecule has 0 bridgehead atoms. The lowest BCUT2D eigenvalue weighted by Gasteiger charge is -2.24. The van der Waals surface area contributed by atoms with Gasteiger partial charge >= 0.3 is 5.97 Å². The van der Waals surface area contributed by atoms with E-state index in [1.807, 2.05) is 7.05 Å². The Bertz CT molecular complexity index is 381. The molecule has 0 fully saturated rings. The van der Waals surface area contributed by atoms with E-state index in [0.717, 1.165) is 52.2 Å². The van der Waals surface area contributed by atoms with Crippen LogP contribution in [0.15, 0.2) is 0 Å². The van der Waals surface area contributed by atoms with Crippen molar-refractivity contribution in [1.82, 2.24) is 10.6 Å². The Morgan fingerprint density at radius 1 is 0.840 bits per heavy atom. The van der Waals surface area contributed by atoms with Gasteiger partial charge in [0.05, 0.1) is 7.11 Å². The van der Waals surface area contributed by atoms with Crippen LogP contribution in [-0.2, 0) is 14.3 Å². The number of nitrogens with one attached hydrogen (secondary N) is 2. The van der Waals surface area contributed by atoms with Crippen LogP contribution >= 0.6 is 0 Å². The highest BCUT2D eigenvalue weighted by Crippen LogP contribution is 2.08. The van der Waals surface area contributed by atoms with Gasteiger partial charge in [0.1, 0.15) is 12.2 Å². The first-order chi connectivity index (χ1) is 11.9. The van der Waals surface area contributed by atoms with Gasteiger partial charge in [-0.05, 0) is 26.4 Å².